The Morgan fingerprint density at radius 1 is 1.00 bits per heavy atom. The first kappa shape index (κ1) is 19.3. The maximum Gasteiger partial charge on any atom is 0.410 e. The van der Waals surface area contributed by atoms with Gasteiger partial charge in [-0.1, -0.05) is 70.5 Å². The molecular weight excluding hydrogens is 442 g/mol. The van der Waals surface area contributed by atoms with Crippen molar-refractivity contribution in [2.24, 2.45) is 0 Å². The SMILES string of the molecule is O=C(OCC1c2ccccc2-c2ccccc21)N1CCC(O)c2cc(Br)ccc2C1. The van der Waals surface area contributed by atoms with Gasteiger partial charge in [0.2, 0.25) is 0 Å². The van der Waals surface area contributed by atoms with Crippen molar-refractivity contribution >= 4 is 22.0 Å². The average Bonchev–Trinajstić information content (AvgIpc) is 2.99. The van der Waals surface area contributed by atoms with Crippen LogP contribution in [0.25, 0.3) is 11.1 Å². The lowest BCUT2D eigenvalue weighted by Gasteiger charge is -2.22. The van der Waals surface area contributed by atoms with Crippen molar-refractivity contribution in [3.63, 3.8) is 0 Å². The molecule has 0 bridgehead atoms. The van der Waals surface area contributed by atoms with Crippen molar-refractivity contribution < 1.29 is 14.6 Å². The van der Waals surface area contributed by atoms with E-state index in [2.05, 4.69) is 40.2 Å². The molecule has 0 spiro atoms. The molecule has 1 amide bonds. The highest BCUT2D eigenvalue weighted by Crippen LogP contribution is 2.44. The maximum atomic E-state index is 12.9. The van der Waals surface area contributed by atoms with E-state index in [0.717, 1.165) is 15.6 Å². The Labute approximate surface area is 184 Å². The van der Waals surface area contributed by atoms with E-state index in [-0.39, 0.29) is 12.0 Å². The highest BCUT2D eigenvalue weighted by atomic mass is 79.9. The fourth-order valence-electron chi connectivity index (χ4n) is 4.58. The van der Waals surface area contributed by atoms with Crippen LogP contribution in [0.3, 0.4) is 0 Å². The minimum Gasteiger partial charge on any atom is -0.448 e. The van der Waals surface area contributed by atoms with Crippen molar-refractivity contribution in [3.8, 4) is 11.1 Å². The van der Waals surface area contributed by atoms with E-state index < -0.39 is 6.10 Å². The lowest BCUT2D eigenvalue weighted by molar-refractivity contribution is 0.0915. The summed E-state index contributed by atoms with van der Waals surface area (Å²) in [6.07, 6.45) is -0.420. The fraction of sp³-hybridized carbons (Fsp3) is 0.240. The van der Waals surface area contributed by atoms with Gasteiger partial charge < -0.3 is 14.7 Å². The van der Waals surface area contributed by atoms with E-state index in [1.165, 1.54) is 22.3 Å². The first-order valence-corrected chi connectivity index (χ1v) is 11.0. The minimum absolute atomic E-state index is 0.0437. The van der Waals surface area contributed by atoms with Gasteiger partial charge in [-0.15, -0.1) is 0 Å². The van der Waals surface area contributed by atoms with E-state index in [4.69, 9.17) is 4.74 Å². The second-order valence-corrected chi connectivity index (χ2v) is 8.79. The third-order valence-electron chi connectivity index (χ3n) is 6.09. The first-order chi connectivity index (χ1) is 14.6. The summed E-state index contributed by atoms with van der Waals surface area (Å²) in [4.78, 5) is 14.6. The number of benzene rings is 3. The molecule has 30 heavy (non-hydrogen) atoms. The molecule has 1 atom stereocenters. The molecule has 3 aromatic rings. The molecule has 1 aliphatic carbocycles. The Morgan fingerprint density at radius 2 is 1.67 bits per heavy atom. The van der Waals surface area contributed by atoms with E-state index in [9.17, 15) is 9.90 Å². The molecule has 1 unspecified atom stereocenters. The van der Waals surface area contributed by atoms with Gasteiger partial charge >= 0.3 is 6.09 Å². The van der Waals surface area contributed by atoms with Crippen molar-refractivity contribution in [3.05, 3.63) is 93.5 Å². The Kier molecular flexibility index (Phi) is 5.09. The van der Waals surface area contributed by atoms with Crippen LogP contribution in [0.2, 0.25) is 0 Å². The van der Waals surface area contributed by atoms with Gasteiger partial charge in [-0.05, 0) is 51.9 Å². The molecule has 0 fully saturated rings. The zero-order chi connectivity index (χ0) is 20.7. The number of nitrogens with zero attached hydrogens (tertiary/aromatic N) is 1. The predicted octanol–water partition coefficient (Wildman–Crippen LogP) is 5.64. The maximum absolute atomic E-state index is 12.9. The molecule has 1 aliphatic heterocycles. The summed E-state index contributed by atoms with van der Waals surface area (Å²) in [6.45, 7) is 1.21. The van der Waals surface area contributed by atoms with Crippen LogP contribution in [-0.2, 0) is 11.3 Å². The topological polar surface area (TPSA) is 49.8 Å². The molecule has 1 heterocycles. The van der Waals surface area contributed by atoms with Gasteiger partial charge in [-0.2, -0.15) is 0 Å². The number of aliphatic hydroxyl groups is 1. The summed E-state index contributed by atoms with van der Waals surface area (Å²) in [5.74, 6) is 0.0437. The van der Waals surface area contributed by atoms with E-state index in [0.29, 0.717) is 26.1 Å². The van der Waals surface area contributed by atoms with Gasteiger partial charge in [0.25, 0.3) is 0 Å². The van der Waals surface area contributed by atoms with Crippen LogP contribution in [-0.4, -0.2) is 29.3 Å². The summed E-state index contributed by atoms with van der Waals surface area (Å²) in [6, 6.07) is 22.5. The number of rotatable bonds is 2. The Morgan fingerprint density at radius 3 is 2.37 bits per heavy atom. The Bertz CT molecular complexity index is 1070. The summed E-state index contributed by atoms with van der Waals surface area (Å²) >= 11 is 3.46. The molecular formula is C25H22BrNO3. The highest BCUT2D eigenvalue weighted by molar-refractivity contribution is 9.10. The van der Waals surface area contributed by atoms with Crippen LogP contribution in [0.4, 0.5) is 4.79 Å². The van der Waals surface area contributed by atoms with Crippen molar-refractivity contribution in [2.75, 3.05) is 13.2 Å². The van der Waals surface area contributed by atoms with E-state index >= 15 is 0 Å². The molecule has 5 heteroatoms. The number of halogens is 1. The lowest BCUT2D eigenvalue weighted by atomic mass is 9.98. The highest BCUT2D eigenvalue weighted by Gasteiger charge is 2.30. The number of carbonyl (C=O) groups excluding carboxylic acids is 1. The predicted molar refractivity (Wildman–Crippen MR) is 119 cm³/mol. The first-order valence-electron chi connectivity index (χ1n) is 10.2. The summed E-state index contributed by atoms with van der Waals surface area (Å²) in [5.41, 5.74) is 6.66. The largest absolute Gasteiger partial charge is 0.448 e. The molecule has 4 nitrogen and oxygen atoms in total. The Balaban J connectivity index is 1.34. The standard InChI is InChI=1S/C25H22BrNO3/c26-17-10-9-16-14-27(12-11-24(28)22(16)13-17)25(29)30-15-23-20-7-3-1-5-18(20)19-6-2-4-8-21(19)23/h1-10,13,23-24,28H,11-12,14-15H2. The van der Waals surface area contributed by atoms with Gasteiger partial charge in [0.05, 0.1) is 6.10 Å². The summed E-state index contributed by atoms with van der Waals surface area (Å²) in [5, 5.41) is 10.5. The van der Waals surface area contributed by atoms with Gasteiger partial charge in [0.1, 0.15) is 6.61 Å². The molecule has 2 aliphatic rings. The zero-order valence-corrected chi connectivity index (χ0v) is 18.0. The average molecular weight is 464 g/mol. The third-order valence-corrected chi connectivity index (χ3v) is 6.59. The number of fused-ring (bicyclic) bond motifs is 4. The second kappa shape index (κ2) is 7.89. The molecule has 5 rings (SSSR count). The monoisotopic (exact) mass is 463 g/mol. The van der Waals surface area contributed by atoms with Gasteiger partial charge in [0, 0.05) is 23.5 Å². The van der Waals surface area contributed by atoms with Crippen LogP contribution in [0, 0.1) is 0 Å². The number of carbonyl (C=O) groups is 1. The number of amides is 1. The molecule has 0 saturated carbocycles. The minimum atomic E-state index is -0.580. The molecule has 152 valence electrons. The molecule has 0 saturated heterocycles. The van der Waals surface area contributed by atoms with E-state index in [1.54, 1.807) is 4.90 Å². The van der Waals surface area contributed by atoms with Gasteiger partial charge in [-0.25, -0.2) is 4.79 Å². The van der Waals surface area contributed by atoms with Crippen LogP contribution < -0.4 is 0 Å². The molecule has 3 aromatic carbocycles. The smallest absolute Gasteiger partial charge is 0.410 e. The van der Waals surface area contributed by atoms with E-state index in [1.807, 2.05) is 42.5 Å². The molecule has 0 aromatic heterocycles. The number of hydrogen-bond donors (Lipinski definition) is 1. The van der Waals surface area contributed by atoms with Crippen molar-refractivity contribution in [2.45, 2.75) is 25.0 Å². The van der Waals surface area contributed by atoms with Gasteiger partial charge in [0.15, 0.2) is 0 Å². The second-order valence-electron chi connectivity index (χ2n) is 7.87. The molecule has 1 N–H and O–H groups in total. The number of ether oxygens (including phenoxy) is 1. The van der Waals surface area contributed by atoms with Crippen LogP contribution >= 0.6 is 15.9 Å². The summed E-state index contributed by atoms with van der Waals surface area (Å²) < 4.78 is 6.73. The van der Waals surface area contributed by atoms with Crippen LogP contribution in [0.5, 0.6) is 0 Å². The number of hydrogen-bond acceptors (Lipinski definition) is 3. The fourth-order valence-corrected chi connectivity index (χ4v) is 4.96. The summed E-state index contributed by atoms with van der Waals surface area (Å²) in [7, 11) is 0. The van der Waals surface area contributed by atoms with Crippen molar-refractivity contribution in [1.82, 2.24) is 4.90 Å². The van der Waals surface area contributed by atoms with Crippen LogP contribution in [0.1, 0.15) is 40.7 Å². The van der Waals surface area contributed by atoms with Crippen molar-refractivity contribution in [1.29, 1.82) is 0 Å². The van der Waals surface area contributed by atoms with Crippen LogP contribution in [0.15, 0.2) is 71.2 Å². The van der Waals surface area contributed by atoms with Gasteiger partial charge in [-0.3, -0.25) is 0 Å². The molecule has 0 radical (unpaired) electrons. The lowest BCUT2D eigenvalue weighted by Crippen LogP contribution is -2.32. The Hall–Kier alpha value is -2.63. The quantitative estimate of drug-likeness (QED) is 0.534. The normalized spacial score (nSPS) is 17.7. The number of aliphatic hydroxyl groups excluding tert-OH is 1. The zero-order valence-electron chi connectivity index (χ0n) is 16.4. The third kappa shape index (κ3) is 3.42.